The van der Waals surface area contributed by atoms with E-state index in [1.807, 2.05) is 42.5 Å². The molecule has 0 unspecified atom stereocenters. The molecule has 4 heteroatoms. The monoisotopic (exact) mass is 691 g/mol. The van der Waals surface area contributed by atoms with Gasteiger partial charge in [-0.15, -0.1) is 0 Å². The van der Waals surface area contributed by atoms with Gasteiger partial charge in [0.05, 0.1) is 17.1 Å². The maximum absolute atomic E-state index is 6.80. The number of rotatable bonds is 7. The summed E-state index contributed by atoms with van der Waals surface area (Å²) in [6.07, 6.45) is 0. The fourth-order valence-corrected chi connectivity index (χ4v) is 7.56. The standard InChI is InChI=1S/C50H33N3O/c1-5-15-34(16-6-1)35-27-29-39(30-28-35)53(38-21-11-4-12-22-38)45-25-14-26-46-49(45)42-24-13-23-40-41(31-32-47(54-46)48(40)42)50-51-43(36-17-7-2-8-18-36)33-44(52-50)37-19-9-3-10-20-37/h1-33H. The Balaban J connectivity index is 1.15. The normalized spacial score (nSPS) is 11.5. The third-order valence-electron chi connectivity index (χ3n) is 10.1. The molecule has 1 aliphatic heterocycles. The van der Waals surface area contributed by atoms with E-state index in [1.54, 1.807) is 0 Å². The third kappa shape index (κ3) is 5.58. The van der Waals surface area contributed by atoms with Crippen LogP contribution in [0.3, 0.4) is 0 Å². The largest absolute Gasteiger partial charge is 0.456 e. The van der Waals surface area contributed by atoms with Gasteiger partial charge >= 0.3 is 0 Å². The molecule has 9 aromatic rings. The Morgan fingerprint density at radius 3 is 1.59 bits per heavy atom. The molecule has 0 atom stereocenters. The van der Waals surface area contributed by atoms with Crippen LogP contribution in [0, 0.1) is 0 Å². The van der Waals surface area contributed by atoms with Crippen molar-refractivity contribution in [3.8, 4) is 67.7 Å². The molecule has 10 rings (SSSR count). The molecule has 0 fully saturated rings. The van der Waals surface area contributed by atoms with Crippen LogP contribution in [0.1, 0.15) is 0 Å². The molecular weight excluding hydrogens is 659 g/mol. The highest BCUT2D eigenvalue weighted by Crippen LogP contribution is 2.53. The van der Waals surface area contributed by atoms with Crippen LogP contribution in [0.2, 0.25) is 0 Å². The summed E-state index contributed by atoms with van der Waals surface area (Å²) in [6.45, 7) is 0. The number of ether oxygens (including phenoxy) is 1. The second-order valence-electron chi connectivity index (χ2n) is 13.4. The van der Waals surface area contributed by atoms with Gasteiger partial charge in [-0.2, -0.15) is 0 Å². The molecule has 0 bridgehead atoms. The molecule has 0 aliphatic carbocycles. The molecule has 0 saturated carbocycles. The first-order valence-corrected chi connectivity index (χ1v) is 18.2. The van der Waals surface area contributed by atoms with E-state index in [-0.39, 0.29) is 0 Å². The predicted octanol–water partition coefficient (Wildman–Crippen LogP) is 13.5. The maximum Gasteiger partial charge on any atom is 0.161 e. The molecule has 0 amide bonds. The quantitative estimate of drug-likeness (QED) is 0.167. The lowest BCUT2D eigenvalue weighted by Gasteiger charge is -2.31. The average Bonchev–Trinajstić information content (AvgIpc) is 3.25. The number of hydrogen-bond acceptors (Lipinski definition) is 4. The second kappa shape index (κ2) is 13.4. The summed E-state index contributed by atoms with van der Waals surface area (Å²) in [5, 5.41) is 2.07. The van der Waals surface area contributed by atoms with Gasteiger partial charge in [-0.25, -0.2) is 9.97 Å². The molecule has 0 radical (unpaired) electrons. The first-order chi connectivity index (χ1) is 26.8. The molecule has 4 nitrogen and oxygen atoms in total. The lowest BCUT2D eigenvalue weighted by molar-refractivity contribution is 0.487. The van der Waals surface area contributed by atoms with Gasteiger partial charge in [0.25, 0.3) is 0 Å². The van der Waals surface area contributed by atoms with Crippen LogP contribution in [0.5, 0.6) is 11.5 Å². The summed E-state index contributed by atoms with van der Waals surface area (Å²) in [6, 6.07) is 69.5. The van der Waals surface area contributed by atoms with Crippen LogP contribution in [0.15, 0.2) is 200 Å². The Bertz CT molecular complexity index is 2710. The second-order valence-corrected chi connectivity index (χ2v) is 13.4. The van der Waals surface area contributed by atoms with E-state index in [0.717, 1.165) is 78.5 Å². The van der Waals surface area contributed by atoms with Gasteiger partial charge in [-0.1, -0.05) is 146 Å². The molecule has 1 aromatic heterocycles. The van der Waals surface area contributed by atoms with Crippen molar-refractivity contribution < 1.29 is 4.74 Å². The van der Waals surface area contributed by atoms with Crippen molar-refractivity contribution in [2.75, 3.05) is 4.90 Å². The molecule has 2 heterocycles. The lowest BCUT2D eigenvalue weighted by atomic mass is 9.90. The summed E-state index contributed by atoms with van der Waals surface area (Å²) in [5.41, 5.74) is 12.4. The van der Waals surface area contributed by atoms with E-state index in [4.69, 9.17) is 14.7 Å². The smallest absolute Gasteiger partial charge is 0.161 e. The Kier molecular flexibility index (Phi) is 7.77. The van der Waals surface area contributed by atoms with E-state index >= 15 is 0 Å². The van der Waals surface area contributed by atoms with Gasteiger partial charge < -0.3 is 9.64 Å². The highest BCUT2D eigenvalue weighted by Gasteiger charge is 2.28. The summed E-state index contributed by atoms with van der Waals surface area (Å²) in [4.78, 5) is 12.7. The van der Waals surface area contributed by atoms with E-state index in [0.29, 0.717) is 5.82 Å². The van der Waals surface area contributed by atoms with Crippen molar-refractivity contribution in [1.29, 1.82) is 0 Å². The first-order valence-electron chi connectivity index (χ1n) is 18.2. The van der Waals surface area contributed by atoms with E-state index in [1.165, 1.54) is 11.1 Å². The van der Waals surface area contributed by atoms with E-state index < -0.39 is 0 Å². The number of hydrogen-bond donors (Lipinski definition) is 0. The van der Waals surface area contributed by atoms with E-state index in [2.05, 4.69) is 163 Å². The number of nitrogens with zero attached hydrogens (tertiary/aromatic N) is 3. The fourth-order valence-electron chi connectivity index (χ4n) is 7.56. The molecule has 54 heavy (non-hydrogen) atoms. The van der Waals surface area contributed by atoms with Crippen LogP contribution in [0.4, 0.5) is 17.1 Å². The maximum atomic E-state index is 6.80. The summed E-state index contributed by atoms with van der Waals surface area (Å²) in [7, 11) is 0. The number of benzene rings is 8. The Labute approximate surface area is 314 Å². The molecule has 0 spiro atoms. The van der Waals surface area contributed by atoms with Crippen molar-refractivity contribution in [3.05, 3.63) is 200 Å². The van der Waals surface area contributed by atoms with Crippen LogP contribution in [-0.4, -0.2) is 9.97 Å². The van der Waals surface area contributed by atoms with Crippen molar-refractivity contribution in [3.63, 3.8) is 0 Å². The first kappa shape index (κ1) is 31.4. The van der Waals surface area contributed by atoms with Crippen LogP contribution >= 0.6 is 0 Å². The van der Waals surface area contributed by atoms with Crippen LogP contribution in [0.25, 0.3) is 66.9 Å². The van der Waals surface area contributed by atoms with Gasteiger partial charge in [0, 0.05) is 39.0 Å². The van der Waals surface area contributed by atoms with Crippen LogP contribution in [-0.2, 0) is 0 Å². The van der Waals surface area contributed by atoms with Gasteiger partial charge in [0.1, 0.15) is 11.5 Å². The molecular formula is C50H33N3O. The molecule has 0 saturated heterocycles. The highest BCUT2D eigenvalue weighted by atomic mass is 16.5. The molecule has 0 N–H and O–H groups in total. The minimum atomic E-state index is 0.669. The topological polar surface area (TPSA) is 38.2 Å². The van der Waals surface area contributed by atoms with Crippen molar-refractivity contribution in [1.82, 2.24) is 9.97 Å². The highest BCUT2D eigenvalue weighted by molar-refractivity contribution is 6.12. The van der Waals surface area contributed by atoms with Crippen molar-refractivity contribution in [2.24, 2.45) is 0 Å². The van der Waals surface area contributed by atoms with Crippen molar-refractivity contribution >= 4 is 27.8 Å². The van der Waals surface area contributed by atoms with Gasteiger partial charge in [0.15, 0.2) is 5.82 Å². The minimum Gasteiger partial charge on any atom is -0.456 e. The van der Waals surface area contributed by atoms with E-state index in [9.17, 15) is 0 Å². The minimum absolute atomic E-state index is 0.669. The van der Waals surface area contributed by atoms with Crippen molar-refractivity contribution in [2.45, 2.75) is 0 Å². The Hall–Kier alpha value is -7.30. The molecule has 8 aromatic carbocycles. The zero-order chi connectivity index (χ0) is 35.8. The summed E-state index contributed by atoms with van der Waals surface area (Å²) >= 11 is 0. The number of para-hydroxylation sites is 1. The predicted molar refractivity (Wildman–Crippen MR) is 221 cm³/mol. The lowest BCUT2D eigenvalue weighted by Crippen LogP contribution is -2.12. The summed E-state index contributed by atoms with van der Waals surface area (Å²) < 4.78 is 6.80. The molecule has 1 aliphatic rings. The third-order valence-corrected chi connectivity index (χ3v) is 10.1. The zero-order valence-corrected chi connectivity index (χ0v) is 29.3. The van der Waals surface area contributed by atoms with Gasteiger partial charge in [-0.3, -0.25) is 0 Å². The molecule has 254 valence electrons. The zero-order valence-electron chi connectivity index (χ0n) is 29.3. The number of aromatic nitrogens is 2. The Morgan fingerprint density at radius 2 is 0.944 bits per heavy atom. The van der Waals surface area contributed by atoms with Crippen LogP contribution < -0.4 is 9.64 Å². The van der Waals surface area contributed by atoms with Gasteiger partial charge in [-0.05, 0) is 76.7 Å². The fraction of sp³-hybridized carbons (Fsp3) is 0. The van der Waals surface area contributed by atoms with Gasteiger partial charge in [0.2, 0.25) is 0 Å². The SMILES string of the molecule is c1ccc(-c2ccc(N(c3ccccc3)c3cccc4c3-c3cccc5c(-c6nc(-c7ccccc7)cc(-c7ccccc7)n6)ccc(c35)O4)cc2)cc1. The average molecular weight is 692 g/mol. The Morgan fingerprint density at radius 1 is 0.389 bits per heavy atom. The summed E-state index contributed by atoms with van der Waals surface area (Å²) in [5.74, 6) is 2.30. The number of fused-ring (bicyclic) bond motifs is 2. The number of anilines is 3.